The van der Waals surface area contributed by atoms with E-state index in [9.17, 15) is 0 Å². The maximum atomic E-state index is 5.89. The van der Waals surface area contributed by atoms with Gasteiger partial charge in [-0.2, -0.15) is 16.7 Å². The molecule has 2 aliphatic carbocycles. The van der Waals surface area contributed by atoms with Crippen molar-refractivity contribution in [3.63, 3.8) is 0 Å². The minimum Gasteiger partial charge on any atom is -1.00 e. The smallest absolute Gasteiger partial charge is 1.00 e. The maximum Gasteiger partial charge on any atom is 4.00 e. The van der Waals surface area contributed by atoms with Crippen molar-refractivity contribution >= 4 is 14.4 Å². The van der Waals surface area contributed by atoms with Gasteiger partial charge in [0.2, 0.25) is 0 Å². The van der Waals surface area contributed by atoms with Crippen LogP contribution in [0, 0.1) is 17.6 Å². The summed E-state index contributed by atoms with van der Waals surface area (Å²) in [6.45, 7) is 18.5. The van der Waals surface area contributed by atoms with E-state index < -0.39 is 8.32 Å². The van der Waals surface area contributed by atoms with E-state index in [-0.39, 0.29) is 56.4 Å². The Morgan fingerprint density at radius 3 is 2.07 bits per heavy atom. The molecule has 1 aromatic carbocycles. The normalized spacial score (nSPS) is 18.5. The van der Waals surface area contributed by atoms with E-state index in [0.717, 1.165) is 13.0 Å². The Bertz CT molecular complexity index is 745. The van der Waals surface area contributed by atoms with E-state index in [1.807, 2.05) is 0 Å². The molecule has 0 amide bonds. The summed E-state index contributed by atoms with van der Waals surface area (Å²) in [7, 11) is -1.36. The van der Waals surface area contributed by atoms with E-state index in [2.05, 4.69) is 96.8 Å². The van der Waals surface area contributed by atoms with Crippen molar-refractivity contribution in [1.29, 1.82) is 0 Å². The van der Waals surface area contributed by atoms with Crippen LogP contribution in [0.25, 0.3) is 6.08 Å². The van der Waals surface area contributed by atoms with Gasteiger partial charge in [-0.1, -0.05) is 57.2 Å². The van der Waals surface area contributed by atoms with E-state index in [1.165, 1.54) is 27.8 Å². The van der Waals surface area contributed by atoms with Crippen LogP contribution in [0.5, 0.6) is 0 Å². The second kappa shape index (κ2) is 12.8. The fourth-order valence-corrected chi connectivity index (χ4v) is 4.10. The molecule has 0 bridgehead atoms. The van der Waals surface area contributed by atoms with Crippen molar-refractivity contribution in [2.75, 3.05) is 6.61 Å². The second-order valence-corrected chi connectivity index (χ2v) is 13.4. The van der Waals surface area contributed by atoms with Crippen LogP contribution in [-0.4, -0.2) is 14.9 Å². The third-order valence-corrected chi connectivity index (χ3v) is 6.39. The molecule has 1 atom stereocenters. The molecule has 0 spiro atoms. The minimum atomic E-state index is -1.36. The van der Waals surface area contributed by atoms with Gasteiger partial charge in [-0.15, -0.1) is 18.6 Å². The molecular formula is C24H34Cl2OSiZr. The zero-order chi connectivity index (χ0) is 19.5. The Hall–Kier alpha value is 0.0800. The van der Waals surface area contributed by atoms with Gasteiger partial charge < -0.3 is 29.2 Å². The molecule has 0 radical (unpaired) electrons. The van der Waals surface area contributed by atoms with Crippen LogP contribution < -0.4 is 24.8 Å². The Labute approximate surface area is 211 Å². The summed E-state index contributed by atoms with van der Waals surface area (Å²) < 4.78 is 5.89. The first-order valence-corrected chi connectivity index (χ1v) is 13.0. The molecule has 0 aliphatic heterocycles. The topological polar surface area (TPSA) is 9.23 Å². The summed E-state index contributed by atoms with van der Waals surface area (Å²) in [5.41, 5.74) is 7.12. The fraction of sp³-hybridized carbons (Fsp3) is 0.500. The number of rotatable bonds is 4. The van der Waals surface area contributed by atoms with Crippen molar-refractivity contribution in [2.24, 2.45) is 5.41 Å². The Balaban J connectivity index is 0. The molecule has 0 heterocycles. The van der Waals surface area contributed by atoms with Crippen LogP contribution in [0.2, 0.25) is 19.6 Å². The van der Waals surface area contributed by atoms with Gasteiger partial charge in [-0.05, 0) is 26.1 Å². The number of halogens is 2. The van der Waals surface area contributed by atoms with Crippen LogP contribution in [-0.2, 0) is 30.6 Å². The average Bonchev–Trinajstić information content (AvgIpc) is 3.02. The number of allylic oxidation sites excluding steroid dienone is 5. The first-order valence-electron chi connectivity index (χ1n) is 9.63. The molecule has 0 fully saturated rings. The summed E-state index contributed by atoms with van der Waals surface area (Å²) in [4.78, 5) is 0. The Morgan fingerprint density at radius 1 is 1.03 bits per heavy atom. The summed E-state index contributed by atoms with van der Waals surface area (Å²) in [5, 5.41) is 0. The number of hydrogen-bond acceptors (Lipinski definition) is 1. The molecule has 0 aromatic heterocycles. The first-order chi connectivity index (χ1) is 12.0. The number of hydrogen-bond donors (Lipinski definition) is 0. The zero-order valence-electron chi connectivity index (χ0n) is 19.0. The molecule has 1 unspecified atom stereocenters. The van der Waals surface area contributed by atoms with Gasteiger partial charge >= 0.3 is 26.2 Å². The van der Waals surface area contributed by atoms with Crippen molar-refractivity contribution in [3.05, 3.63) is 64.3 Å². The molecule has 2 aliphatic rings. The van der Waals surface area contributed by atoms with Gasteiger partial charge in [0.25, 0.3) is 0 Å². The molecule has 1 nitrogen and oxygen atoms in total. The minimum absolute atomic E-state index is 0. The molecule has 0 saturated carbocycles. The van der Waals surface area contributed by atoms with Crippen molar-refractivity contribution in [2.45, 2.75) is 66.6 Å². The summed E-state index contributed by atoms with van der Waals surface area (Å²) in [6, 6.07) is 8.54. The predicted octanol–water partition coefficient (Wildman–Crippen LogP) is 0.959. The van der Waals surface area contributed by atoms with E-state index >= 15 is 0 Å². The van der Waals surface area contributed by atoms with E-state index in [1.54, 1.807) is 0 Å². The maximum absolute atomic E-state index is 5.89. The third kappa shape index (κ3) is 8.99. The monoisotopic (exact) mass is 526 g/mol. The summed E-state index contributed by atoms with van der Waals surface area (Å²) in [5.74, 6) is 0.438. The molecular weight excluding hydrogens is 494 g/mol. The zero-order valence-corrected chi connectivity index (χ0v) is 24.0. The number of fused-ring (bicyclic) bond motifs is 1. The number of benzene rings is 1. The van der Waals surface area contributed by atoms with Gasteiger partial charge in [-0.3, -0.25) is 12.2 Å². The quantitative estimate of drug-likeness (QED) is 0.418. The van der Waals surface area contributed by atoms with Gasteiger partial charge in [0.05, 0.1) is 0 Å². The van der Waals surface area contributed by atoms with Gasteiger partial charge in [0.15, 0.2) is 8.32 Å². The van der Waals surface area contributed by atoms with Crippen LogP contribution >= 0.6 is 0 Å². The van der Waals surface area contributed by atoms with Gasteiger partial charge in [0.1, 0.15) is 0 Å². The largest absolute Gasteiger partial charge is 4.00 e. The molecule has 29 heavy (non-hydrogen) atoms. The Morgan fingerprint density at radius 2 is 1.62 bits per heavy atom. The third-order valence-electron chi connectivity index (χ3n) is 5.32. The molecule has 0 N–H and O–H groups in total. The molecule has 1 aromatic rings. The van der Waals surface area contributed by atoms with Crippen LogP contribution in [0.15, 0.2) is 41.0 Å². The Kier molecular flexibility index (Phi) is 13.8. The average molecular weight is 529 g/mol. The predicted molar refractivity (Wildman–Crippen MR) is 115 cm³/mol. The second-order valence-electron chi connectivity index (χ2n) is 8.87. The van der Waals surface area contributed by atoms with E-state index in [0.29, 0.717) is 5.92 Å². The van der Waals surface area contributed by atoms with Gasteiger partial charge in [0, 0.05) is 6.61 Å². The standard InChI is InChI=1S/C14H19OSi.C10H15.2ClH.Zr/c1-16(2,3)15-11-10-13-9-8-12-6-4-5-7-14(12)13;1-7-6-10(4,5)9(3)8(7)2;;;/h4-8,13H,10-11H2,1-3H3;1-5H3;2*1H;/q2*-1;;;+4/p-2. The summed E-state index contributed by atoms with van der Waals surface area (Å²) in [6.07, 6.45) is 10.0. The first kappa shape index (κ1) is 31.3. The molecule has 5 heteroatoms. The summed E-state index contributed by atoms with van der Waals surface area (Å²) >= 11 is 0. The van der Waals surface area contributed by atoms with E-state index in [4.69, 9.17) is 4.43 Å². The van der Waals surface area contributed by atoms with Crippen molar-refractivity contribution in [3.8, 4) is 0 Å². The molecule has 3 rings (SSSR count). The molecule has 158 valence electrons. The SMILES string of the molecule is CC1=[C-]C(C)(C)C(C)=C1C.C[Si](C)(C)OCCC1[C-]=Cc2ccccc21.[Cl-].[Cl-].[Zr+4]. The van der Waals surface area contributed by atoms with Gasteiger partial charge in [-0.25, -0.2) is 11.6 Å². The van der Waals surface area contributed by atoms with Crippen LogP contribution in [0.1, 0.15) is 58.1 Å². The molecule has 0 saturated heterocycles. The fourth-order valence-electron chi connectivity index (χ4n) is 3.37. The van der Waals surface area contributed by atoms with Crippen LogP contribution in [0.4, 0.5) is 0 Å². The van der Waals surface area contributed by atoms with Crippen molar-refractivity contribution in [1.82, 2.24) is 0 Å². The van der Waals surface area contributed by atoms with Crippen LogP contribution in [0.3, 0.4) is 0 Å². The van der Waals surface area contributed by atoms with Crippen molar-refractivity contribution < 1.29 is 55.4 Å².